The van der Waals surface area contributed by atoms with Gasteiger partial charge in [0.2, 0.25) is 5.89 Å². The summed E-state index contributed by atoms with van der Waals surface area (Å²) in [5.74, 6) is 3.05. The van der Waals surface area contributed by atoms with Crippen molar-refractivity contribution in [2.75, 3.05) is 0 Å². The van der Waals surface area contributed by atoms with E-state index in [1.54, 1.807) is 11.3 Å². The van der Waals surface area contributed by atoms with Gasteiger partial charge in [-0.2, -0.15) is 0 Å². The number of thiophene rings is 1. The molecular formula is C20H24N4O2S2. The van der Waals surface area contributed by atoms with E-state index in [0.29, 0.717) is 28.6 Å². The molecule has 0 spiro atoms. The molecule has 1 N–H and O–H groups in total. The molecule has 0 unspecified atom stereocenters. The Labute approximate surface area is 171 Å². The highest BCUT2D eigenvalue weighted by atomic mass is 32.2. The van der Waals surface area contributed by atoms with Crippen molar-refractivity contribution >= 4 is 33.3 Å². The molecule has 2 aliphatic rings. The summed E-state index contributed by atoms with van der Waals surface area (Å²) in [6.45, 7) is 2.28. The summed E-state index contributed by atoms with van der Waals surface area (Å²) in [5.41, 5.74) is 1.21. The van der Waals surface area contributed by atoms with Crippen molar-refractivity contribution in [1.82, 2.24) is 20.2 Å². The number of H-pyrrole nitrogens is 1. The molecular weight excluding hydrogens is 392 g/mol. The van der Waals surface area contributed by atoms with Crippen molar-refractivity contribution in [1.29, 1.82) is 0 Å². The number of aromatic amines is 1. The van der Waals surface area contributed by atoms with E-state index in [1.165, 1.54) is 41.5 Å². The van der Waals surface area contributed by atoms with Crippen molar-refractivity contribution in [2.45, 2.75) is 75.2 Å². The standard InChI is InChI=1S/C20H24N4O2S2/c1-11-7-8-13-14(9-11)28-19-16(13)17(25)21-15(22-19)10-27-20-24-23-18(26-20)12-5-3-2-4-6-12/h11-12H,2-10H2,1H3,(H,21,22,25)/t11-/m0/s1. The minimum atomic E-state index is -0.0129. The van der Waals surface area contributed by atoms with Gasteiger partial charge in [-0.05, 0) is 43.6 Å². The largest absolute Gasteiger partial charge is 0.416 e. The minimum absolute atomic E-state index is 0.0129. The van der Waals surface area contributed by atoms with Crippen LogP contribution in [0, 0.1) is 5.92 Å². The molecule has 0 aromatic carbocycles. The number of aryl methyl sites for hydroxylation is 1. The number of aromatic nitrogens is 4. The maximum absolute atomic E-state index is 12.7. The second kappa shape index (κ2) is 7.63. The van der Waals surface area contributed by atoms with E-state index in [1.807, 2.05) is 0 Å². The van der Waals surface area contributed by atoms with Crippen LogP contribution in [-0.2, 0) is 18.6 Å². The number of hydrogen-bond acceptors (Lipinski definition) is 7. The van der Waals surface area contributed by atoms with Crippen LogP contribution in [0.5, 0.6) is 0 Å². The zero-order valence-electron chi connectivity index (χ0n) is 16.0. The van der Waals surface area contributed by atoms with E-state index in [2.05, 4.69) is 22.1 Å². The van der Waals surface area contributed by atoms with Crippen LogP contribution in [0.25, 0.3) is 10.2 Å². The smallest absolute Gasteiger partial charge is 0.277 e. The lowest BCUT2D eigenvalue weighted by Crippen LogP contribution is -2.14. The molecule has 2 aliphatic carbocycles. The van der Waals surface area contributed by atoms with E-state index in [4.69, 9.17) is 9.40 Å². The molecule has 6 nitrogen and oxygen atoms in total. The summed E-state index contributed by atoms with van der Waals surface area (Å²) in [4.78, 5) is 22.6. The predicted octanol–water partition coefficient (Wildman–Crippen LogP) is 4.83. The number of hydrogen-bond donors (Lipinski definition) is 1. The van der Waals surface area contributed by atoms with Crippen LogP contribution in [0.1, 0.15) is 73.5 Å². The Morgan fingerprint density at radius 1 is 1.21 bits per heavy atom. The second-order valence-corrected chi connectivity index (χ2v) is 10.1. The maximum atomic E-state index is 12.7. The van der Waals surface area contributed by atoms with Gasteiger partial charge in [-0.3, -0.25) is 4.79 Å². The minimum Gasteiger partial charge on any atom is -0.416 e. The van der Waals surface area contributed by atoms with Gasteiger partial charge in [-0.1, -0.05) is 37.9 Å². The normalized spacial score (nSPS) is 20.5. The highest BCUT2D eigenvalue weighted by Gasteiger charge is 2.24. The molecule has 0 amide bonds. The van der Waals surface area contributed by atoms with Gasteiger partial charge in [0.15, 0.2) is 0 Å². The first-order chi connectivity index (χ1) is 13.7. The third-order valence-corrected chi connectivity index (χ3v) is 7.90. The van der Waals surface area contributed by atoms with Crippen molar-refractivity contribution in [3.63, 3.8) is 0 Å². The molecule has 1 saturated carbocycles. The summed E-state index contributed by atoms with van der Waals surface area (Å²) in [6, 6.07) is 0. The lowest BCUT2D eigenvalue weighted by Gasteiger charge is -2.17. The van der Waals surface area contributed by atoms with E-state index in [-0.39, 0.29) is 5.56 Å². The van der Waals surface area contributed by atoms with Gasteiger partial charge in [-0.15, -0.1) is 21.5 Å². The molecule has 0 radical (unpaired) electrons. The fourth-order valence-corrected chi connectivity index (χ4v) is 6.43. The molecule has 0 bridgehead atoms. The Morgan fingerprint density at radius 3 is 2.93 bits per heavy atom. The number of rotatable bonds is 4. The van der Waals surface area contributed by atoms with Crippen LogP contribution in [0.15, 0.2) is 14.4 Å². The number of thioether (sulfide) groups is 1. The zero-order chi connectivity index (χ0) is 19.1. The van der Waals surface area contributed by atoms with E-state index >= 15 is 0 Å². The third kappa shape index (κ3) is 3.52. The van der Waals surface area contributed by atoms with Crippen molar-refractivity contribution in [2.24, 2.45) is 5.92 Å². The SMILES string of the molecule is C[C@H]1CCc2c(sc3nc(CSc4nnc(C5CCCCC5)o4)[nH]c(=O)c23)C1. The molecule has 1 fully saturated rings. The van der Waals surface area contributed by atoms with Crippen LogP contribution < -0.4 is 5.56 Å². The fourth-order valence-electron chi connectivity index (χ4n) is 4.39. The quantitative estimate of drug-likeness (QED) is 0.613. The summed E-state index contributed by atoms with van der Waals surface area (Å²) in [7, 11) is 0. The number of nitrogens with one attached hydrogen (secondary N) is 1. The molecule has 28 heavy (non-hydrogen) atoms. The van der Waals surface area contributed by atoms with Crippen molar-refractivity contribution in [3.05, 3.63) is 32.5 Å². The summed E-state index contributed by atoms with van der Waals surface area (Å²) >= 11 is 3.13. The Balaban J connectivity index is 1.33. The van der Waals surface area contributed by atoms with Crippen molar-refractivity contribution < 1.29 is 4.42 Å². The van der Waals surface area contributed by atoms with Gasteiger partial charge in [0.1, 0.15) is 10.7 Å². The Hall–Kier alpha value is -1.67. The lowest BCUT2D eigenvalue weighted by atomic mass is 9.89. The molecule has 0 saturated heterocycles. The second-order valence-electron chi connectivity index (χ2n) is 8.07. The molecule has 148 valence electrons. The van der Waals surface area contributed by atoms with Gasteiger partial charge < -0.3 is 9.40 Å². The third-order valence-electron chi connectivity index (χ3n) is 5.92. The van der Waals surface area contributed by atoms with Gasteiger partial charge >= 0.3 is 0 Å². The molecule has 8 heteroatoms. The maximum Gasteiger partial charge on any atom is 0.277 e. The fraction of sp³-hybridized carbons (Fsp3) is 0.600. The molecule has 3 heterocycles. The van der Waals surface area contributed by atoms with E-state index in [0.717, 1.165) is 48.2 Å². The first kappa shape index (κ1) is 18.4. The number of nitrogens with zero attached hydrogens (tertiary/aromatic N) is 3. The summed E-state index contributed by atoms with van der Waals surface area (Å²) in [6.07, 6.45) is 9.26. The molecule has 5 rings (SSSR count). The summed E-state index contributed by atoms with van der Waals surface area (Å²) in [5, 5.41) is 9.79. The number of fused-ring (bicyclic) bond motifs is 3. The van der Waals surface area contributed by atoms with Crippen LogP contribution in [0.2, 0.25) is 0 Å². The Morgan fingerprint density at radius 2 is 2.07 bits per heavy atom. The van der Waals surface area contributed by atoms with Gasteiger partial charge in [0, 0.05) is 10.8 Å². The lowest BCUT2D eigenvalue weighted by molar-refractivity contribution is 0.334. The highest BCUT2D eigenvalue weighted by Crippen LogP contribution is 2.36. The zero-order valence-corrected chi connectivity index (χ0v) is 17.6. The predicted molar refractivity (Wildman–Crippen MR) is 111 cm³/mol. The van der Waals surface area contributed by atoms with Crippen LogP contribution in [-0.4, -0.2) is 20.2 Å². The Bertz CT molecular complexity index is 1050. The first-order valence-electron chi connectivity index (χ1n) is 10.2. The van der Waals surface area contributed by atoms with Gasteiger partial charge in [0.25, 0.3) is 10.8 Å². The molecule has 3 aromatic heterocycles. The topological polar surface area (TPSA) is 84.7 Å². The van der Waals surface area contributed by atoms with Crippen LogP contribution in [0.4, 0.5) is 0 Å². The Kier molecular flexibility index (Phi) is 5.00. The van der Waals surface area contributed by atoms with Crippen LogP contribution >= 0.6 is 23.1 Å². The highest BCUT2D eigenvalue weighted by molar-refractivity contribution is 7.98. The average Bonchev–Trinajstić information content (AvgIpc) is 3.31. The van der Waals surface area contributed by atoms with Crippen LogP contribution in [0.3, 0.4) is 0 Å². The molecule has 0 aliphatic heterocycles. The monoisotopic (exact) mass is 416 g/mol. The summed E-state index contributed by atoms with van der Waals surface area (Å²) < 4.78 is 5.86. The first-order valence-corrected chi connectivity index (χ1v) is 12.0. The van der Waals surface area contributed by atoms with E-state index < -0.39 is 0 Å². The van der Waals surface area contributed by atoms with Gasteiger partial charge in [0.05, 0.1) is 11.1 Å². The average molecular weight is 417 g/mol. The van der Waals surface area contributed by atoms with Gasteiger partial charge in [-0.25, -0.2) is 4.98 Å². The van der Waals surface area contributed by atoms with E-state index in [9.17, 15) is 4.79 Å². The molecule has 3 aromatic rings. The molecule has 1 atom stereocenters. The van der Waals surface area contributed by atoms with Crippen molar-refractivity contribution in [3.8, 4) is 0 Å².